The number of halogens is 1. The first-order valence-corrected chi connectivity index (χ1v) is 11.4. The molecule has 170 valence electrons. The molecule has 2 heterocycles. The van der Waals surface area contributed by atoms with Gasteiger partial charge in [-0.3, -0.25) is 0 Å². The highest BCUT2D eigenvalue weighted by Crippen LogP contribution is 2.29. The number of aromatic nitrogens is 2. The van der Waals surface area contributed by atoms with Crippen molar-refractivity contribution in [2.75, 3.05) is 29.9 Å². The summed E-state index contributed by atoms with van der Waals surface area (Å²) < 4.78 is 25.7. The lowest BCUT2D eigenvalue weighted by Crippen LogP contribution is -2.45. The molecule has 1 saturated heterocycles. The van der Waals surface area contributed by atoms with Crippen molar-refractivity contribution < 1.29 is 13.9 Å². The van der Waals surface area contributed by atoms with Crippen molar-refractivity contribution in [2.24, 2.45) is 11.8 Å². The third-order valence-electron chi connectivity index (χ3n) is 6.16. The molecule has 2 fully saturated rings. The number of terminal acetylenes is 1. The summed E-state index contributed by atoms with van der Waals surface area (Å²) in [5.74, 6) is 3.29. The van der Waals surface area contributed by atoms with Gasteiger partial charge in [-0.15, -0.1) is 12.3 Å². The molecule has 1 aliphatic heterocycles. The number of nitrogens with one attached hydrogen (secondary N) is 1. The highest BCUT2D eigenvalue weighted by Gasteiger charge is 2.23. The van der Waals surface area contributed by atoms with Gasteiger partial charge in [-0.2, -0.15) is 9.37 Å². The summed E-state index contributed by atoms with van der Waals surface area (Å²) in [5.41, 5.74) is 1.97. The first kappa shape index (κ1) is 22.3. The molecule has 0 unspecified atom stereocenters. The van der Waals surface area contributed by atoms with Crippen molar-refractivity contribution in [3.63, 3.8) is 0 Å². The molecule has 0 amide bonds. The summed E-state index contributed by atoms with van der Waals surface area (Å²) in [6, 6.07) is 8.05. The van der Waals surface area contributed by atoms with Gasteiger partial charge < -0.3 is 19.7 Å². The third-order valence-corrected chi connectivity index (χ3v) is 6.16. The number of benzene rings is 1. The molecule has 0 bridgehead atoms. The van der Waals surface area contributed by atoms with Gasteiger partial charge in [0.2, 0.25) is 11.8 Å². The van der Waals surface area contributed by atoms with Crippen molar-refractivity contribution in [1.29, 1.82) is 0 Å². The minimum Gasteiger partial charge on any atom is -0.475 e. The molecule has 1 aromatic heterocycles. The number of ether oxygens (including phenoxy) is 2. The molecule has 2 atom stereocenters. The quantitative estimate of drug-likeness (QED) is 0.655. The molecule has 2 aliphatic rings. The van der Waals surface area contributed by atoms with Crippen molar-refractivity contribution >= 4 is 17.3 Å². The molecule has 1 N–H and O–H groups in total. The van der Waals surface area contributed by atoms with Crippen molar-refractivity contribution in [3.8, 4) is 18.2 Å². The average Bonchev–Trinajstić information content (AvgIpc) is 2.79. The number of hydrogen-bond donors (Lipinski definition) is 1. The molecule has 32 heavy (non-hydrogen) atoms. The van der Waals surface area contributed by atoms with E-state index in [2.05, 4.69) is 52.1 Å². The van der Waals surface area contributed by atoms with Crippen molar-refractivity contribution in [1.82, 2.24) is 9.97 Å². The fraction of sp³-hybridized carbons (Fsp3) is 0.520. The molecule has 0 radical (unpaired) electrons. The first-order valence-electron chi connectivity index (χ1n) is 11.4. The largest absolute Gasteiger partial charge is 0.475 e. The molecule has 1 saturated carbocycles. The van der Waals surface area contributed by atoms with E-state index in [1.165, 1.54) is 0 Å². The number of rotatable bonds is 6. The van der Waals surface area contributed by atoms with Crippen LogP contribution in [0.2, 0.25) is 0 Å². The SMILES string of the molecule is C#CC1CCC(COc2nc(Nc3ccc(N4C[C@@H](C)O[C@@H](C)C4)cc3)ncc2F)CC1. The second kappa shape index (κ2) is 10.2. The molecule has 4 rings (SSSR count). The van der Waals surface area contributed by atoms with Gasteiger partial charge in [-0.1, -0.05) is 0 Å². The van der Waals surface area contributed by atoms with Gasteiger partial charge in [-0.05, 0) is 69.7 Å². The molecular formula is C25H31FN4O2. The Bertz CT molecular complexity index is 928. The lowest BCUT2D eigenvalue weighted by atomic mass is 9.83. The number of hydrogen-bond acceptors (Lipinski definition) is 6. The molecule has 1 aliphatic carbocycles. The normalized spacial score (nSPS) is 25.8. The van der Waals surface area contributed by atoms with Crippen LogP contribution in [0.25, 0.3) is 0 Å². The van der Waals surface area contributed by atoms with Crippen LogP contribution in [0.1, 0.15) is 39.5 Å². The van der Waals surface area contributed by atoms with E-state index in [0.717, 1.165) is 56.3 Å². The van der Waals surface area contributed by atoms with Crippen LogP contribution in [-0.4, -0.2) is 41.9 Å². The van der Waals surface area contributed by atoms with Crippen LogP contribution in [0.3, 0.4) is 0 Å². The standard InChI is InChI=1S/C25H31FN4O2/c1-4-19-5-7-20(8-6-19)16-31-24-23(26)13-27-25(29-24)28-21-9-11-22(12-10-21)30-14-17(2)32-18(3)15-30/h1,9-13,17-20H,5-8,14-16H2,2-3H3,(H,27,28,29)/t17-,18+,19?,20?. The zero-order valence-corrected chi connectivity index (χ0v) is 18.8. The van der Waals surface area contributed by atoms with Crippen molar-refractivity contribution in [2.45, 2.75) is 51.7 Å². The minimum atomic E-state index is -0.557. The molecule has 7 heteroatoms. The number of anilines is 3. The van der Waals surface area contributed by atoms with Gasteiger partial charge >= 0.3 is 0 Å². The van der Waals surface area contributed by atoms with E-state index in [-0.39, 0.29) is 18.1 Å². The van der Waals surface area contributed by atoms with Gasteiger partial charge in [0.15, 0.2) is 0 Å². The van der Waals surface area contributed by atoms with E-state index in [0.29, 0.717) is 24.4 Å². The van der Waals surface area contributed by atoms with Crippen LogP contribution in [0.4, 0.5) is 21.7 Å². The van der Waals surface area contributed by atoms with Crippen LogP contribution in [0.15, 0.2) is 30.5 Å². The number of nitrogens with zero attached hydrogens (tertiary/aromatic N) is 3. The van der Waals surface area contributed by atoms with E-state index >= 15 is 0 Å². The Hall–Kier alpha value is -2.85. The monoisotopic (exact) mass is 438 g/mol. The Labute approximate surface area is 189 Å². The molecular weight excluding hydrogens is 407 g/mol. The summed E-state index contributed by atoms with van der Waals surface area (Å²) in [6.45, 7) is 6.35. The maximum atomic E-state index is 14.2. The minimum absolute atomic E-state index is 0.0190. The third kappa shape index (κ3) is 5.68. The molecule has 2 aromatic rings. The fourth-order valence-electron chi connectivity index (χ4n) is 4.48. The summed E-state index contributed by atoms with van der Waals surface area (Å²) >= 11 is 0. The van der Waals surface area contributed by atoms with Crippen LogP contribution in [0.5, 0.6) is 5.88 Å². The van der Waals surface area contributed by atoms with Gasteiger partial charge in [0.05, 0.1) is 25.0 Å². The van der Waals surface area contributed by atoms with Gasteiger partial charge in [0, 0.05) is 30.4 Å². The zero-order valence-electron chi connectivity index (χ0n) is 18.8. The topological polar surface area (TPSA) is 59.5 Å². The maximum absolute atomic E-state index is 14.2. The highest BCUT2D eigenvalue weighted by molar-refractivity contribution is 5.59. The Morgan fingerprint density at radius 2 is 1.84 bits per heavy atom. The zero-order chi connectivity index (χ0) is 22.5. The second-order valence-corrected chi connectivity index (χ2v) is 8.88. The van der Waals surface area contributed by atoms with Gasteiger partial charge in [0.25, 0.3) is 5.88 Å². The van der Waals surface area contributed by atoms with E-state index in [4.69, 9.17) is 15.9 Å². The maximum Gasteiger partial charge on any atom is 0.255 e. The Balaban J connectivity index is 1.35. The fourth-order valence-corrected chi connectivity index (χ4v) is 4.48. The summed E-state index contributed by atoms with van der Waals surface area (Å²) in [7, 11) is 0. The first-order chi connectivity index (χ1) is 15.5. The van der Waals surface area contributed by atoms with Crippen LogP contribution >= 0.6 is 0 Å². The second-order valence-electron chi connectivity index (χ2n) is 8.88. The summed E-state index contributed by atoms with van der Waals surface area (Å²) in [6.07, 6.45) is 11.1. The predicted molar refractivity (Wildman–Crippen MR) is 124 cm³/mol. The van der Waals surface area contributed by atoms with E-state index < -0.39 is 5.82 Å². The smallest absolute Gasteiger partial charge is 0.255 e. The Morgan fingerprint density at radius 3 is 2.50 bits per heavy atom. The van der Waals surface area contributed by atoms with Crippen molar-refractivity contribution in [3.05, 3.63) is 36.3 Å². The molecule has 0 spiro atoms. The van der Waals surface area contributed by atoms with Crippen LogP contribution in [-0.2, 0) is 4.74 Å². The van der Waals surface area contributed by atoms with Crippen LogP contribution < -0.4 is 15.0 Å². The molecule has 6 nitrogen and oxygen atoms in total. The average molecular weight is 439 g/mol. The lowest BCUT2D eigenvalue weighted by molar-refractivity contribution is -0.00521. The van der Waals surface area contributed by atoms with E-state index in [1.807, 2.05) is 12.1 Å². The van der Waals surface area contributed by atoms with Gasteiger partial charge in [-0.25, -0.2) is 4.98 Å². The Kier molecular flexibility index (Phi) is 7.11. The van der Waals surface area contributed by atoms with Gasteiger partial charge in [0.1, 0.15) is 0 Å². The summed E-state index contributed by atoms with van der Waals surface area (Å²) in [5, 5.41) is 3.14. The Morgan fingerprint density at radius 1 is 1.16 bits per heavy atom. The molecule has 1 aromatic carbocycles. The predicted octanol–water partition coefficient (Wildman–Crippen LogP) is 4.79. The number of morpholine rings is 1. The van der Waals surface area contributed by atoms with Crippen LogP contribution in [0, 0.1) is 30.0 Å². The lowest BCUT2D eigenvalue weighted by Gasteiger charge is -2.36. The van der Waals surface area contributed by atoms with E-state index in [1.54, 1.807) is 0 Å². The van der Waals surface area contributed by atoms with E-state index in [9.17, 15) is 4.39 Å². The highest BCUT2D eigenvalue weighted by atomic mass is 19.1. The summed E-state index contributed by atoms with van der Waals surface area (Å²) in [4.78, 5) is 10.6.